The fraction of sp³-hybridized carbons (Fsp3) is 0.292. The van der Waals surface area contributed by atoms with Crippen molar-refractivity contribution in [3.05, 3.63) is 83.8 Å². The molecule has 0 aliphatic rings. The third-order valence-corrected chi connectivity index (χ3v) is 4.88. The van der Waals surface area contributed by atoms with Crippen molar-refractivity contribution in [1.82, 2.24) is 15.5 Å². The number of rotatable bonds is 8. The van der Waals surface area contributed by atoms with E-state index in [1.54, 1.807) is 0 Å². The van der Waals surface area contributed by atoms with Crippen LogP contribution in [-0.2, 0) is 11.2 Å². The summed E-state index contributed by atoms with van der Waals surface area (Å²) in [5, 5.41) is 11.6. The highest BCUT2D eigenvalue weighted by Gasteiger charge is 2.25. The molecule has 1 heterocycles. The summed E-state index contributed by atoms with van der Waals surface area (Å²) in [6, 6.07) is 19.4. The molecule has 0 aliphatic heterocycles. The maximum absolute atomic E-state index is 12.3. The van der Waals surface area contributed by atoms with E-state index in [-0.39, 0.29) is 0 Å². The number of nitrogens with one attached hydrogen (secondary N) is 1. The standard InChI is InChI=1S/C24H27N3O3S/c1-24(2,3)30-22(28)25-20(17-19-13-8-5-9-14-19)21-26-27-23(29-21)31-16-10-15-18-11-6-4-7-12-18/h4-15,20H,16-17H2,1-3H3,(H,25,28)/b15-10+/t20-/m0/s1. The first-order valence-electron chi connectivity index (χ1n) is 10.1. The van der Waals surface area contributed by atoms with E-state index < -0.39 is 17.7 Å². The Labute approximate surface area is 187 Å². The first-order chi connectivity index (χ1) is 14.9. The Morgan fingerprint density at radius 1 is 1.10 bits per heavy atom. The van der Waals surface area contributed by atoms with Gasteiger partial charge >= 0.3 is 6.09 Å². The Balaban J connectivity index is 1.65. The molecule has 1 amide bonds. The minimum atomic E-state index is -0.595. The average molecular weight is 438 g/mol. The van der Waals surface area contributed by atoms with E-state index in [1.165, 1.54) is 11.8 Å². The summed E-state index contributed by atoms with van der Waals surface area (Å²) >= 11 is 1.44. The number of ether oxygens (including phenoxy) is 1. The minimum absolute atomic E-state index is 0.351. The highest BCUT2D eigenvalue weighted by atomic mass is 32.2. The van der Waals surface area contributed by atoms with Crippen LogP contribution in [0.25, 0.3) is 6.08 Å². The molecule has 0 spiro atoms. The number of nitrogens with zero attached hydrogens (tertiary/aromatic N) is 2. The first-order valence-corrected chi connectivity index (χ1v) is 11.1. The van der Waals surface area contributed by atoms with Crippen LogP contribution in [-0.4, -0.2) is 27.6 Å². The Morgan fingerprint density at radius 3 is 2.45 bits per heavy atom. The third-order valence-electron chi connectivity index (χ3n) is 4.11. The molecule has 0 fully saturated rings. The quantitative estimate of drug-likeness (QED) is 0.457. The van der Waals surface area contributed by atoms with Crippen molar-refractivity contribution in [1.29, 1.82) is 0 Å². The molecule has 0 radical (unpaired) electrons. The van der Waals surface area contributed by atoms with Crippen molar-refractivity contribution in [2.45, 2.75) is 44.1 Å². The lowest BCUT2D eigenvalue weighted by atomic mass is 10.1. The lowest BCUT2D eigenvalue weighted by molar-refractivity contribution is 0.0494. The normalized spacial score (nSPS) is 12.6. The molecule has 0 aliphatic carbocycles. The van der Waals surface area contributed by atoms with Crippen LogP contribution in [0.4, 0.5) is 4.79 Å². The van der Waals surface area contributed by atoms with Crippen LogP contribution >= 0.6 is 11.8 Å². The van der Waals surface area contributed by atoms with E-state index in [2.05, 4.69) is 15.5 Å². The van der Waals surface area contributed by atoms with Crippen LogP contribution in [0.15, 0.2) is 76.4 Å². The van der Waals surface area contributed by atoms with Crippen LogP contribution in [0, 0.1) is 0 Å². The number of hydrogen-bond acceptors (Lipinski definition) is 6. The van der Waals surface area contributed by atoms with E-state index in [4.69, 9.17) is 9.15 Å². The number of amides is 1. The Kier molecular flexibility index (Phi) is 7.89. The fourth-order valence-corrected chi connectivity index (χ4v) is 3.36. The highest BCUT2D eigenvalue weighted by molar-refractivity contribution is 7.99. The molecule has 2 aromatic carbocycles. The molecule has 1 atom stereocenters. The first kappa shape index (κ1) is 22.6. The molecule has 0 saturated carbocycles. The summed E-state index contributed by atoms with van der Waals surface area (Å²) in [4.78, 5) is 12.3. The van der Waals surface area contributed by atoms with Crippen molar-refractivity contribution in [3.8, 4) is 0 Å². The number of hydrogen-bond donors (Lipinski definition) is 1. The molecule has 7 heteroatoms. The van der Waals surface area contributed by atoms with Gasteiger partial charge in [-0.2, -0.15) is 0 Å². The van der Waals surface area contributed by atoms with Gasteiger partial charge in [0, 0.05) is 12.2 Å². The lowest BCUT2D eigenvalue weighted by Crippen LogP contribution is -2.36. The largest absolute Gasteiger partial charge is 0.444 e. The van der Waals surface area contributed by atoms with Gasteiger partial charge in [-0.1, -0.05) is 84.6 Å². The van der Waals surface area contributed by atoms with Gasteiger partial charge in [-0.05, 0) is 31.9 Å². The molecule has 0 saturated heterocycles. The van der Waals surface area contributed by atoms with Crippen LogP contribution < -0.4 is 5.32 Å². The van der Waals surface area contributed by atoms with Crippen molar-refractivity contribution in [2.24, 2.45) is 0 Å². The van der Waals surface area contributed by atoms with Gasteiger partial charge in [0.15, 0.2) is 0 Å². The summed E-state index contributed by atoms with van der Waals surface area (Å²) in [6.45, 7) is 5.47. The molecule has 162 valence electrons. The number of carbonyl (C=O) groups is 1. The molecule has 31 heavy (non-hydrogen) atoms. The number of benzene rings is 2. The maximum atomic E-state index is 12.3. The van der Waals surface area contributed by atoms with Gasteiger partial charge < -0.3 is 14.5 Å². The molecular weight excluding hydrogens is 410 g/mol. The third kappa shape index (κ3) is 7.94. The molecule has 0 unspecified atom stereocenters. The van der Waals surface area contributed by atoms with Crippen molar-refractivity contribution in [2.75, 3.05) is 5.75 Å². The van der Waals surface area contributed by atoms with Gasteiger partial charge in [0.2, 0.25) is 5.89 Å². The summed E-state index contributed by atoms with van der Waals surface area (Å²) in [5.41, 5.74) is 1.59. The van der Waals surface area contributed by atoms with Crippen LogP contribution in [0.5, 0.6) is 0 Å². The Hall–Kier alpha value is -3.06. The lowest BCUT2D eigenvalue weighted by Gasteiger charge is -2.22. The van der Waals surface area contributed by atoms with Gasteiger partial charge in [-0.3, -0.25) is 0 Å². The van der Waals surface area contributed by atoms with E-state index >= 15 is 0 Å². The molecule has 1 N–H and O–H groups in total. The summed E-state index contributed by atoms with van der Waals surface area (Å²) in [6.07, 6.45) is 4.09. The van der Waals surface area contributed by atoms with Crippen molar-refractivity contribution < 1.29 is 13.9 Å². The van der Waals surface area contributed by atoms with Crippen molar-refractivity contribution in [3.63, 3.8) is 0 Å². The molecule has 1 aromatic heterocycles. The molecule has 6 nitrogen and oxygen atoms in total. The van der Waals surface area contributed by atoms with E-state index in [0.29, 0.717) is 23.3 Å². The summed E-state index contributed by atoms with van der Waals surface area (Å²) < 4.78 is 11.2. The van der Waals surface area contributed by atoms with E-state index in [1.807, 2.05) is 93.6 Å². The number of alkyl carbamates (subject to hydrolysis) is 1. The van der Waals surface area contributed by atoms with E-state index in [9.17, 15) is 4.79 Å². The topological polar surface area (TPSA) is 77.2 Å². The smallest absolute Gasteiger partial charge is 0.408 e. The molecular formula is C24H27N3O3S. The van der Waals surface area contributed by atoms with Crippen LogP contribution in [0.1, 0.15) is 43.8 Å². The summed E-state index contributed by atoms with van der Waals surface area (Å²) in [7, 11) is 0. The fourth-order valence-electron chi connectivity index (χ4n) is 2.79. The van der Waals surface area contributed by atoms with Crippen LogP contribution in [0.3, 0.4) is 0 Å². The summed E-state index contributed by atoms with van der Waals surface area (Å²) in [5.74, 6) is 1.04. The SMILES string of the molecule is CC(C)(C)OC(=O)N[C@@H](Cc1ccccc1)c1nnc(SC/C=C/c2ccccc2)o1. The highest BCUT2D eigenvalue weighted by Crippen LogP contribution is 2.23. The maximum Gasteiger partial charge on any atom is 0.408 e. The number of aromatic nitrogens is 2. The second-order valence-corrected chi connectivity index (χ2v) is 8.89. The zero-order valence-electron chi connectivity index (χ0n) is 17.9. The van der Waals surface area contributed by atoms with Gasteiger partial charge in [-0.15, -0.1) is 10.2 Å². The number of thioether (sulfide) groups is 1. The second-order valence-electron chi connectivity index (χ2n) is 7.92. The second kappa shape index (κ2) is 10.8. The molecule has 3 rings (SSSR count). The van der Waals surface area contributed by atoms with Crippen molar-refractivity contribution >= 4 is 23.9 Å². The zero-order chi connectivity index (χ0) is 22.1. The van der Waals surface area contributed by atoms with Gasteiger partial charge in [0.05, 0.1) is 0 Å². The van der Waals surface area contributed by atoms with E-state index in [0.717, 1.165) is 11.1 Å². The van der Waals surface area contributed by atoms with Crippen LogP contribution in [0.2, 0.25) is 0 Å². The van der Waals surface area contributed by atoms with Gasteiger partial charge in [0.1, 0.15) is 11.6 Å². The Morgan fingerprint density at radius 2 is 1.77 bits per heavy atom. The van der Waals surface area contributed by atoms with Gasteiger partial charge in [-0.25, -0.2) is 4.79 Å². The predicted molar refractivity (Wildman–Crippen MR) is 123 cm³/mol. The predicted octanol–water partition coefficient (Wildman–Crippen LogP) is 5.68. The zero-order valence-corrected chi connectivity index (χ0v) is 18.8. The monoisotopic (exact) mass is 437 g/mol. The molecule has 0 bridgehead atoms. The Bertz CT molecular complexity index is 982. The average Bonchev–Trinajstić information content (AvgIpc) is 3.20. The van der Waals surface area contributed by atoms with Gasteiger partial charge in [0.25, 0.3) is 5.22 Å². The minimum Gasteiger partial charge on any atom is -0.444 e. The number of carbonyl (C=O) groups excluding carboxylic acids is 1. The molecule has 3 aromatic rings.